The highest BCUT2D eigenvalue weighted by Crippen LogP contribution is 2.60. The second kappa shape index (κ2) is 5.31. The fourth-order valence-corrected chi connectivity index (χ4v) is 3.73. The Bertz CT molecular complexity index is 418. The molecule has 5 heteroatoms. The number of rotatable bonds is 6. The van der Waals surface area contributed by atoms with Gasteiger partial charge in [-0.05, 0) is 38.0 Å². The maximum absolute atomic E-state index is 11.7. The van der Waals surface area contributed by atoms with Gasteiger partial charge in [-0.3, -0.25) is 14.9 Å². The molecule has 0 radical (unpaired) electrons. The zero-order valence-corrected chi connectivity index (χ0v) is 11.6. The number of esters is 1. The van der Waals surface area contributed by atoms with Crippen LogP contribution in [-0.4, -0.2) is 24.0 Å². The van der Waals surface area contributed by atoms with Gasteiger partial charge in [0.25, 0.3) is 0 Å². The summed E-state index contributed by atoms with van der Waals surface area (Å²) in [7, 11) is 0. The molecule has 0 heterocycles. The molecule has 19 heavy (non-hydrogen) atoms. The molecule has 2 aliphatic rings. The third-order valence-corrected chi connectivity index (χ3v) is 4.52. The quantitative estimate of drug-likeness (QED) is 0.321. The molecule has 2 rings (SSSR count). The summed E-state index contributed by atoms with van der Waals surface area (Å²) in [5.74, 6) is 0.391. The third-order valence-electron chi connectivity index (χ3n) is 4.52. The lowest BCUT2D eigenvalue weighted by Gasteiger charge is -2.49. The Hall–Kier alpha value is -1.39. The van der Waals surface area contributed by atoms with Gasteiger partial charge in [0.15, 0.2) is 0 Å². The minimum absolute atomic E-state index is 0.125. The Kier molecular flexibility index (Phi) is 3.92. The first-order valence-electron chi connectivity index (χ1n) is 6.97. The van der Waals surface area contributed by atoms with Crippen LogP contribution < -0.4 is 0 Å². The van der Waals surface area contributed by atoms with E-state index in [1.54, 1.807) is 6.92 Å². The molecular formula is C14H21NO4. The molecule has 0 bridgehead atoms. The van der Waals surface area contributed by atoms with Crippen LogP contribution in [0, 0.1) is 27.4 Å². The number of hydrogen-bond acceptors (Lipinski definition) is 4. The van der Waals surface area contributed by atoms with E-state index in [0.717, 1.165) is 19.3 Å². The van der Waals surface area contributed by atoms with Crippen molar-refractivity contribution >= 4 is 5.97 Å². The van der Waals surface area contributed by atoms with Crippen molar-refractivity contribution < 1.29 is 14.5 Å². The maximum Gasteiger partial charge on any atom is 0.306 e. The predicted molar refractivity (Wildman–Crippen MR) is 70.1 cm³/mol. The predicted octanol–water partition coefficient (Wildman–Crippen LogP) is 2.58. The largest absolute Gasteiger partial charge is 0.466 e. The molecule has 106 valence electrons. The van der Waals surface area contributed by atoms with Gasteiger partial charge in [-0.2, -0.15) is 0 Å². The van der Waals surface area contributed by atoms with E-state index in [-0.39, 0.29) is 29.8 Å². The molecule has 3 atom stereocenters. The number of nitro groups is 1. The van der Waals surface area contributed by atoms with Gasteiger partial charge in [0.1, 0.15) is 0 Å². The van der Waals surface area contributed by atoms with Gasteiger partial charge < -0.3 is 4.74 Å². The van der Waals surface area contributed by atoms with Crippen molar-refractivity contribution in [3.05, 3.63) is 21.8 Å². The number of nitrogens with zero attached hydrogens (tertiary/aromatic N) is 1. The van der Waals surface area contributed by atoms with E-state index in [4.69, 9.17) is 4.74 Å². The summed E-state index contributed by atoms with van der Waals surface area (Å²) in [4.78, 5) is 22.3. The van der Waals surface area contributed by atoms with E-state index >= 15 is 0 Å². The van der Waals surface area contributed by atoms with Gasteiger partial charge in [0, 0.05) is 4.92 Å². The number of carbonyl (C=O) groups excluding carboxylic acids is 1. The number of ether oxygens (including phenoxy) is 1. The van der Waals surface area contributed by atoms with Crippen molar-refractivity contribution in [2.45, 2.75) is 39.5 Å². The lowest BCUT2D eigenvalue weighted by Crippen LogP contribution is -2.51. The molecule has 5 nitrogen and oxygen atoms in total. The van der Waals surface area contributed by atoms with Crippen molar-refractivity contribution in [2.24, 2.45) is 17.3 Å². The van der Waals surface area contributed by atoms with Crippen LogP contribution in [0.15, 0.2) is 11.6 Å². The fourth-order valence-electron chi connectivity index (χ4n) is 3.73. The van der Waals surface area contributed by atoms with Crippen LogP contribution in [0.4, 0.5) is 0 Å². The summed E-state index contributed by atoms with van der Waals surface area (Å²) in [6, 6.07) is 0. The summed E-state index contributed by atoms with van der Waals surface area (Å²) < 4.78 is 4.97. The minimum Gasteiger partial charge on any atom is -0.466 e. The van der Waals surface area contributed by atoms with E-state index in [1.807, 2.05) is 0 Å². The van der Waals surface area contributed by atoms with Crippen molar-refractivity contribution in [1.29, 1.82) is 0 Å². The number of fused-ring (bicyclic) bond motifs is 1. The van der Waals surface area contributed by atoms with Crippen LogP contribution in [0.2, 0.25) is 0 Å². The SMILES string of the molecule is CCOC(=O)C[C@]1(C[N+](=O)[O-])C[C@@H]2CC(CC)=C[C@@H]21. The van der Waals surface area contributed by atoms with E-state index < -0.39 is 5.41 Å². The molecule has 0 aromatic heterocycles. The monoisotopic (exact) mass is 267 g/mol. The molecule has 2 aliphatic carbocycles. The molecule has 0 unspecified atom stereocenters. The van der Waals surface area contributed by atoms with E-state index in [2.05, 4.69) is 13.0 Å². The standard InChI is InChI=1S/C14H21NO4/c1-3-10-5-11-7-14(9-15(17)18,12(11)6-10)8-13(16)19-4-2/h6,11-12H,3-5,7-9H2,1-2H3/t11-,12-,14-/m0/s1. The molecule has 1 saturated carbocycles. The summed E-state index contributed by atoms with van der Waals surface area (Å²) in [5.41, 5.74) is 0.876. The second-order valence-corrected chi connectivity index (χ2v) is 5.71. The van der Waals surface area contributed by atoms with Crippen LogP contribution in [-0.2, 0) is 9.53 Å². The molecule has 0 aromatic carbocycles. The first kappa shape index (κ1) is 14.0. The van der Waals surface area contributed by atoms with Crippen LogP contribution in [0.1, 0.15) is 39.5 Å². The number of hydrogen-bond donors (Lipinski definition) is 0. The summed E-state index contributed by atoms with van der Waals surface area (Å²) in [6.45, 7) is 4.07. The van der Waals surface area contributed by atoms with E-state index in [1.165, 1.54) is 5.57 Å². The number of carbonyl (C=O) groups is 1. The molecule has 0 aromatic rings. The van der Waals surface area contributed by atoms with Crippen LogP contribution in [0.5, 0.6) is 0 Å². The van der Waals surface area contributed by atoms with Gasteiger partial charge in [0.2, 0.25) is 6.54 Å². The highest BCUT2D eigenvalue weighted by molar-refractivity contribution is 5.70. The normalized spacial score (nSPS) is 32.2. The Morgan fingerprint density at radius 1 is 1.58 bits per heavy atom. The Labute approximate surface area is 113 Å². The fraction of sp³-hybridized carbons (Fsp3) is 0.786. The molecule has 0 amide bonds. The van der Waals surface area contributed by atoms with Gasteiger partial charge in [-0.1, -0.05) is 18.6 Å². The molecular weight excluding hydrogens is 246 g/mol. The Morgan fingerprint density at radius 3 is 2.89 bits per heavy atom. The summed E-state index contributed by atoms with van der Waals surface area (Å²) in [6.07, 6.45) is 5.18. The van der Waals surface area contributed by atoms with Crippen molar-refractivity contribution in [3.8, 4) is 0 Å². The second-order valence-electron chi connectivity index (χ2n) is 5.71. The van der Waals surface area contributed by atoms with E-state index in [0.29, 0.717) is 12.5 Å². The van der Waals surface area contributed by atoms with Gasteiger partial charge in [-0.25, -0.2) is 0 Å². The highest BCUT2D eigenvalue weighted by atomic mass is 16.6. The molecule has 0 spiro atoms. The van der Waals surface area contributed by atoms with Crippen LogP contribution in [0.25, 0.3) is 0 Å². The van der Waals surface area contributed by atoms with Crippen LogP contribution >= 0.6 is 0 Å². The van der Waals surface area contributed by atoms with Crippen molar-refractivity contribution in [1.82, 2.24) is 0 Å². The minimum atomic E-state index is -0.503. The summed E-state index contributed by atoms with van der Waals surface area (Å²) >= 11 is 0. The zero-order valence-electron chi connectivity index (χ0n) is 11.6. The highest BCUT2D eigenvalue weighted by Gasteiger charge is 2.58. The zero-order chi connectivity index (χ0) is 14.0. The lowest BCUT2D eigenvalue weighted by atomic mass is 9.53. The third kappa shape index (κ3) is 2.65. The van der Waals surface area contributed by atoms with E-state index in [9.17, 15) is 14.9 Å². The average molecular weight is 267 g/mol. The number of allylic oxidation sites excluding steroid dienone is 2. The van der Waals surface area contributed by atoms with Crippen molar-refractivity contribution in [2.75, 3.05) is 13.2 Å². The van der Waals surface area contributed by atoms with Gasteiger partial charge in [0.05, 0.1) is 18.4 Å². The average Bonchev–Trinajstić information content (AvgIpc) is 2.66. The topological polar surface area (TPSA) is 69.4 Å². The van der Waals surface area contributed by atoms with Crippen molar-refractivity contribution in [3.63, 3.8) is 0 Å². The first-order chi connectivity index (χ1) is 9.00. The lowest BCUT2D eigenvalue weighted by molar-refractivity contribution is -0.505. The molecule has 1 fully saturated rings. The molecule has 0 aliphatic heterocycles. The van der Waals surface area contributed by atoms with Gasteiger partial charge in [-0.15, -0.1) is 0 Å². The first-order valence-corrected chi connectivity index (χ1v) is 6.97. The molecule has 0 saturated heterocycles. The van der Waals surface area contributed by atoms with Crippen LogP contribution in [0.3, 0.4) is 0 Å². The Balaban J connectivity index is 2.12. The summed E-state index contributed by atoms with van der Waals surface area (Å²) in [5, 5.41) is 10.9. The molecule has 0 N–H and O–H groups in total. The maximum atomic E-state index is 11.7. The van der Waals surface area contributed by atoms with Gasteiger partial charge >= 0.3 is 5.97 Å². The Morgan fingerprint density at radius 2 is 2.32 bits per heavy atom. The smallest absolute Gasteiger partial charge is 0.306 e.